The monoisotopic (exact) mass is 274 g/mol. The second-order valence-corrected chi connectivity index (χ2v) is 6.64. The SMILES string of the molecule is CC(C)(I)C1CCC(F)(F)C1. The molecule has 1 unspecified atom stereocenters. The minimum Gasteiger partial charge on any atom is -0.207 e. The summed E-state index contributed by atoms with van der Waals surface area (Å²) in [7, 11) is 0. The molecule has 0 aromatic heterocycles. The Bertz CT molecular complexity index is 149. The zero-order chi connectivity index (χ0) is 8.70. The molecule has 0 saturated heterocycles. The molecule has 11 heavy (non-hydrogen) atoms. The molecule has 0 aromatic carbocycles. The molecule has 0 aliphatic heterocycles. The minimum atomic E-state index is -2.38. The third-order valence-corrected chi connectivity index (χ3v) is 3.26. The van der Waals surface area contributed by atoms with Gasteiger partial charge in [0.25, 0.3) is 0 Å². The van der Waals surface area contributed by atoms with Crippen LogP contribution in [-0.2, 0) is 0 Å². The van der Waals surface area contributed by atoms with Crippen LogP contribution in [0.3, 0.4) is 0 Å². The fourth-order valence-electron chi connectivity index (χ4n) is 1.54. The van der Waals surface area contributed by atoms with Gasteiger partial charge in [0.1, 0.15) is 0 Å². The summed E-state index contributed by atoms with van der Waals surface area (Å²) in [6.07, 6.45) is 0.857. The Labute approximate surface area is 79.9 Å². The van der Waals surface area contributed by atoms with Crippen LogP contribution in [0.2, 0.25) is 0 Å². The van der Waals surface area contributed by atoms with Crippen LogP contribution >= 0.6 is 22.6 Å². The van der Waals surface area contributed by atoms with Gasteiger partial charge in [-0.3, -0.25) is 0 Å². The van der Waals surface area contributed by atoms with Gasteiger partial charge < -0.3 is 0 Å². The van der Waals surface area contributed by atoms with E-state index in [1.165, 1.54) is 0 Å². The molecule has 1 atom stereocenters. The maximum Gasteiger partial charge on any atom is 0.248 e. The number of alkyl halides is 3. The molecule has 0 radical (unpaired) electrons. The molecule has 66 valence electrons. The molecule has 0 aromatic rings. The third kappa shape index (κ3) is 2.53. The molecular formula is C8H13F2I. The summed E-state index contributed by atoms with van der Waals surface area (Å²) in [5.41, 5.74) is 0. The van der Waals surface area contributed by atoms with Crippen LogP contribution in [0.1, 0.15) is 33.1 Å². The van der Waals surface area contributed by atoms with E-state index in [0.717, 1.165) is 0 Å². The number of hydrogen-bond acceptors (Lipinski definition) is 0. The first-order chi connectivity index (χ1) is 4.81. The lowest BCUT2D eigenvalue weighted by Gasteiger charge is -2.24. The van der Waals surface area contributed by atoms with E-state index in [2.05, 4.69) is 22.6 Å². The summed E-state index contributed by atoms with van der Waals surface area (Å²) in [6.45, 7) is 4.05. The van der Waals surface area contributed by atoms with E-state index >= 15 is 0 Å². The van der Waals surface area contributed by atoms with Gasteiger partial charge in [-0.05, 0) is 12.3 Å². The maximum absolute atomic E-state index is 12.7. The van der Waals surface area contributed by atoms with E-state index < -0.39 is 5.92 Å². The first kappa shape index (κ1) is 9.68. The zero-order valence-electron chi connectivity index (χ0n) is 6.83. The largest absolute Gasteiger partial charge is 0.248 e. The average Bonchev–Trinajstić information content (AvgIpc) is 2.07. The topological polar surface area (TPSA) is 0 Å². The van der Waals surface area contributed by atoms with Crippen molar-refractivity contribution < 1.29 is 8.78 Å². The lowest BCUT2D eigenvalue weighted by molar-refractivity contribution is 0.00407. The Morgan fingerprint density at radius 3 is 2.18 bits per heavy atom. The van der Waals surface area contributed by atoms with E-state index in [-0.39, 0.29) is 22.2 Å². The van der Waals surface area contributed by atoms with Gasteiger partial charge in [0, 0.05) is 16.3 Å². The van der Waals surface area contributed by atoms with Crippen molar-refractivity contribution in [2.24, 2.45) is 5.92 Å². The fourth-order valence-corrected chi connectivity index (χ4v) is 2.07. The summed E-state index contributed by atoms with van der Waals surface area (Å²) in [6, 6.07) is 0. The molecule has 0 bridgehead atoms. The van der Waals surface area contributed by atoms with E-state index in [1.807, 2.05) is 13.8 Å². The van der Waals surface area contributed by atoms with Crippen LogP contribution in [-0.4, -0.2) is 9.34 Å². The molecule has 1 saturated carbocycles. The highest BCUT2D eigenvalue weighted by molar-refractivity contribution is 14.1. The van der Waals surface area contributed by atoms with Gasteiger partial charge in [-0.15, -0.1) is 0 Å². The summed E-state index contributed by atoms with van der Waals surface area (Å²) in [5.74, 6) is -2.19. The van der Waals surface area contributed by atoms with Crippen LogP contribution in [0.25, 0.3) is 0 Å². The summed E-state index contributed by atoms with van der Waals surface area (Å²) in [5, 5.41) is 0. The Hall–Kier alpha value is 0.590. The summed E-state index contributed by atoms with van der Waals surface area (Å²) in [4.78, 5) is 0. The smallest absolute Gasteiger partial charge is 0.207 e. The second-order valence-electron chi connectivity index (χ2n) is 3.86. The molecule has 3 heteroatoms. The highest BCUT2D eigenvalue weighted by Crippen LogP contribution is 2.46. The van der Waals surface area contributed by atoms with Gasteiger partial charge in [0.2, 0.25) is 5.92 Å². The first-order valence-electron chi connectivity index (χ1n) is 3.88. The van der Waals surface area contributed by atoms with E-state index in [0.29, 0.717) is 6.42 Å². The van der Waals surface area contributed by atoms with Crippen molar-refractivity contribution in [2.75, 3.05) is 0 Å². The molecular weight excluding hydrogens is 261 g/mol. The van der Waals surface area contributed by atoms with E-state index in [4.69, 9.17) is 0 Å². The van der Waals surface area contributed by atoms with Gasteiger partial charge in [0.15, 0.2) is 0 Å². The van der Waals surface area contributed by atoms with Gasteiger partial charge >= 0.3 is 0 Å². The van der Waals surface area contributed by atoms with Gasteiger partial charge in [-0.25, -0.2) is 8.78 Å². The number of hydrogen-bond donors (Lipinski definition) is 0. The second kappa shape index (κ2) is 2.82. The van der Waals surface area contributed by atoms with Crippen molar-refractivity contribution in [2.45, 2.75) is 42.5 Å². The predicted molar refractivity (Wildman–Crippen MR) is 50.4 cm³/mol. The molecule has 0 heterocycles. The van der Waals surface area contributed by atoms with Crippen molar-refractivity contribution in [3.8, 4) is 0 Å². The Kier molecular flexibility index (Phi) is 2.48. The summed E-state index contributed by atoms with van der Waals surface area (Å²) >= 11 is 2.26. The van der Waals surface area contributed by atoms with Gasteiger partial charge in [0.05, 0.1) is 0 Å². The van der Waals surface area contributed by atoms with Crippen molar-refractivity contribution in [3.63, 3.8) is 0 Å². The Morgan fingerprint density at radius 2 is 2.00 bits per heavy atom. The third-order valence-electron chi connectivity index (χ3n) is 2.37. The van der Waals surface area contributed by atoms with Gasteiger partial charge in [-0.2, -0.15) is 0 Å². The number of rotatable bonds is 1. The van der Waals surface area contributed by atoms with Crippen molar-refractivity contribution >= 4 is 22.6 Å². The van der Waals surface area contributed by atoms with Crippen LogP contribution in [0, 0.1) is 5.92 Å². The number of halogens is 3. The molecule has 1 aliphatic rings. The quantitative estimate of drug-likeness (QED) is 0.506. The highest BCUT2D eigenvalue weighted by Gasteiger charge is 2.44. The van der Waals surface area contributed by atoms with E-state index in [1.54, 1.807) is 0 Å². The highest BCUT2D eigenvalue weighted by atomic mass is 127. The minimum absolute atomic E-state index is 0.0255. The van der Waals surface area contributed by atoms with Gasteiger partial charge in [-0.1, -0.05) is 36.4 Å². The van der Waals surface area contributed by atoms with Crippen LogP contribution in [0.15, 0.2) is 0 Å². The first-order valence-corrected chi connectivity index (χ1v) is 4.96. The maximum atomic E-state index is 12.7. The molecule has 0 nitrogen and oxygen atoms in total. The average molecular weight is 274 g/mol. The molecule has 0 spiro atoms. The summed E-state index contributed by atoms with van der Waals surface area (Å²) < 4.78 is 25.5. The molecule has 0 amide bonds. The molecule has 0 N–H and O–H groups in total. The van der Waals surface area contributed by atoms with Crippen molar-refractivity contribution in [1.29, 1.82) is 0 Å². The molecule has 1 rings (SSSR count). The van der Waals surface area contributed by atoms with Crippen LogP contribution in [0.5, 0.6) is 0 Å². The fraction of sp³-hybridized carbons (Fsp3) is 1.00. The zero-order valence-corrected chi connectivity index (χ0v) is 8.99. The van der Waals surface area contributed by atoms with E-state index in [9.17, 15) is 8.78 Å². The van der Waals surface area contributed by atoms with Crippen molar-refractivity contribution in [3.05, 3.63) is 0 Å². The molecule has 1 fully saturated rings. The Balaban J connectivity index is 2.55. The van der Waals surface area contributed by atoms with Crippen molar-refractivity contribution in [1.82, 2.24) is 0 Å². The van der Waals surface area contributed by atoms with Crippen LogP contribution < -0.4 is 0 Å². The standard InChI is InChI=1S/C8H13F2I/c1-7(2,11)6-3-4-8(9,10)5-6/h6H,3-5H2,1-2H3. The predicted octanol–water partition coefficient (Wildman–Crippen LogP) is 3.64. The van der Waals surface area contributed by atoms with Crippen LogP contribution in [0.4, 0.5) is 8.78 Å². The lowest BCUT2D eigenvalue weighted by Crippen LogP contribution is -2.23. The molecule has 1 aliphatic carbocycles. The normalized spacial score (nSPS) is 30.8. The lowest BCUT2D eigenvalue weighted by atomic mass is 9.94. The Morgan fingerprint density at radius 1 is 1.45 bits per heavy atom.